The minimum atomic E-state index is 0. The standard InChI is InChI=1S/C9H11BrN2.H3P/c10-6-8-4-3-7-2-1-5-11-9(7)12-8;/h3-4H,1-2,5-6H2,(H,11,12);1H3. The van der Waals surface area contributed by atoms with Crippen molar-refractivity contribution in [2.45, 2.75) is 18.2 Å². The lowest BCUT2D eigenvalue weighted by Crippen LogP contribution is -2.13. The summed E-state index contributed by atoms with van der Waals surface area (Å²) in [6.45, 7) is 1.06. The molecule has 0 spiro atoms. The Balaban J connectivity index is 0.000000845. The fourth-order valence-electron chi connectivity index (χ4n) is 1.44. The van der Waals surface area contributed by atoms with Crippen LogP contribution in [0.1, 0.15) is 17.7 Å². The largest absolute Gasteiger partial charge is 0.370 e. The van der Waals surface area contributed by atoms with Gasteiger partial charge in [0.1, 0.15) is 5.82 Å². The fraction of sp³-hybridized carbons (Fsp3) is 0.444. The fourth-order valence-corrected chi connectivity index (χ4v) is 1.76. The summed E-state index contributed by atoms with van der Waals surface area (Å²) in [7, 11) is 0. The second-order valence-electron chi connectivity index (χ2n) is 2.97. The molecule has 0 saturated heterocycles. The van der Waals surface area contributed by atoms with Crippen LogP contribution in [0.4, 0.5) is 5.82 Å². The van der Waals surface area contributed by atoms with E-state index >= 15 is 0 Å². The highest BCUT2D eigenvalue weighted by atomic mass is 79.9. The summed E-state index contributed by atoms with van der Waals surface area (Å²) in [6.07, 6.45) is 2.39. The number of hydrogen-bond acceptors (Lipinski definition) is 2. The SMILES string of the molecule is BrCc1ccc2c(n1)NCCC2.P. The summed E-state index contributed by atoms with van der Waals surface area (Å²) in [5.41, 5.74) is 2.45. The molecule has 1 atom stereocenters. The minimum Gasteiger partial charge on any atom is -0.370 e. The molecular formula is C9H14BrN2P. The number of nitrogens with zero attached hydrogens (tertiary/aromatic N) is 1. The summed E-state index contributed by atoms with van der Waals surface area (Å²) in [5, 5.41) is 4.14. The third kappa shape index (κ3) is 2.41. The summed E-state index contributed by atoms with van der Waals surface area (Å²) >= 11 is 3.40. The number of aryl methyl sites for hydroxylation is 1. The molecule has 1 unspecified atom stereocenters. The Morgan fingerprint density at radius 1 is 1.46 bits per heavy atom. The van der Waals surface area contributed by atoms with Crippen molar-refractivity contribution in [3.8, 4) is 0 Å². The number of alkyl halides is 1. The van der Waals surface area contributed by atoms with Gasteiger partial charge < -0.3 is 5.32 Å². The van der Waals surface area contributed by atoms with Crippen molar-refractivity contribution in [2.24, 2.45) is 0 Å². The second kappa shape index (κ2) is 4.92. The summed E-state index contributed by atoms with van der Waals surface area (Å²) in [5.74, 6) is 1.08. The highest BCUT2D eigenvalue weighted by Crippen LogP contribution is 2.20. The number of fused-ring (bicyclic) bond motifs is 1. The number of halogens is 1. The van der Waals surface area contributed by atoms with Gasteiger partial charge in [0.25, 0.3) is 0 Å². The van der Waals surface area contributed by atoms with Gasteiger partial charge >= 0.3 is 0 Å². The molecule has 4 heteroatoms. The van der Waals surface area contributed by atoms with Crippen molar-refractivity contribution in [2.75, 3.05) is 11.9 Å². The topological polar surface area (TPSA) is 24.9 Å². The third-order valence-electron chi connectivity index (χ3n) is 2.09. The van der Waals surface area contributed by atoms with E-state index in [4.69, 9.17) is 0 Å². The average Bonchev–Trinajstić information content (AvgIpc) is 2.17. The van der Waals surface area contributed by atoms with E-state index in [1.807, 2.05) is 0 Å². The van der Waals surface area contributed by atoms with Crippen LogP contribution < -0.4 is 5.32 Å². The van der Waals surface area contributed by atoms with Crippen LogP contribution in [0.15, 0.2) is 12.1 Å². The Kier molecular flexibility index (Phi) is 4.14. The van der Waals surface area contributed by atoms with Gasteiger partial charge in [0.05, 0.1) is 5.69 Å². The van der Waals surface area contributed by atoms with Crippen LogP contribution in [-0.2, 0) is 11.8 Å². The molecule has 72 valence electrons. The van der Waals surface area contributed by atoms with Gasteiger partial charge in [0.15, 0.2) is 0 Å². The Morgan fingerprint density at radius 2 is 2.31 bits per heavy atom. The van der Waals surface area contributed by atoms with Crippen molar-refractivity contribution >= 4 is 31.6 Å². The van der Waals surface area contributed by atoms with Crippen LogP contribution in [0.2, 0.25) is 0 Å². The molecule has 0 aromatic carbocycles. The maximum atomic E-state index is 4.47. The first-order valence-electron chi connectivity index (χ1n) is 4.19. The Labute approximate surface area is 90.3 Å². The summed E-state index contributed by atoms with van der Waals surface area (Å²) < 4.78 is 0. The zero-order valence-electron chi connectivity index (χ0n) is 7.52. The van der Waals surface area contributed by atoms with Crippen molar-refractivity contribution in [1.29, 1.82) is 0 Å². The summed E-state index contributed by atoms with van der Waals surface area (Å²) in [6, 6.07) is 4.26. The van der Waals surface area contributed by atoms with Gasteiger partial charge in [-0.05, 0) is 24.5 Å². The number of pyridine rings is 1. The molecule has 0 aliphatic carbocycles. The first-order chi connectivity index (χ1) is 5.90. The van der Waals surface area contributed by atoms with E-state index in [2.05, 4.69) is 38.4 Å². The minimum absolute atomic E-state index is 0. The highest BCUT2D eigenvalue weighted by Gasteiger charge is 2.09. The van der Waals surface area contributed by atoms with Crippen LogP contribution in [0, 0.1) is 0 Å². The lowest BCUT2D eigenvalue weighted by molar-refractivity contribution is 0.814. The molecule has 0 fully saturated rings. The van der Waals surface area contributed by atoms with Crippen molar-refractivity contribution in [3.05, 3.63) is 23.4 Å². The Hall–Kier alpha value is -0.140. The average molecular weight is 261 g/mol. The van der Waals surface area contributed by atoms with Crippen molar-refractivity contribution < 1.29 is 0 Å². The number of rotatable bonds is 1. The molecule has 0 bridgehead atoms. The van der Waals surface area contributed by atoms with E-state index in [1.165, 1.54) is 12.0 Å². The Bertz CT molecular complexity index is 291. The van der Waals surface area contributed by atoms with E-state index in [0.717, 1.165) is 29.8 Å². The van der Waals surface area contributed by atoms with E-state index in [0.29, 0.717) is 0 Å². The molecule has 0 amide bonds. The smallest absolute Gasteiger partial charge is 0.129 e. The molecular weight excluding hydrogens is 247 g/mol. The number of aromatic nitrogens is 1. The maximum absolute atomic E-state index is 4.47. The normalized spacial score (nSPS) is 13.9. The number of nitrogens with one attached hydrogen (secondary N) is 1. The lowest BCUT2D eigenvalue weighted by Gasteiger charge is -2.16. The highest BCUT2D eigenvalue weighted by molar-refractivity contribution is 9.08. The van der Waals surface area contributed by atoms with Crippen molar-refractivity contribution in [1.82, 2.24) is 4.98 Å². The summed E-state index contributed by atoms with van der Waals surface area (Å²) in [4.78, 5) is 4.47. The lowest BCUT2D eigenvalue weighted by atomic mass is 10.1. The van der Waals surface area contributed by atoms with E-state index in [1.54, 1.807) is 0 Å². The molecule has 1 N–H and O–H groups in total. The van der Waals surface area contributed by atoms with E-state index in [-0.39, 0.29) is 9.90 Å². The number of anilines is 1. The van der Waals surface area contributed by atoms with Gasteiger partial charge in [-0.1, -0.05) is 22.0 Å². The van der Waals surface area contributed by atoms with Gasteiger partial charge in [0, 0.05) is 11.9 Å². The molecule has 1 aromatic heterocycles. The van der Waals surface area contributed by atoms with Crippen LogP contribution >= 0.6 is 25.8 Å². The third-order valence-corrected chi connectivity index (χ3v) is 2.66. The van der Waals surface area contributed by atoms with E-state index < -0.39 is 0 Å². The van der Waals surface area contributed by atoms with Gasteiger partial charge in [-0.3, -0.25) is 0 Å². The van der Waals surface area contributed by atoms with Gasteiger partial charge in [0.2, 0.25) is 0 Å². The van der Waals surface area contributed by atoms with Crippen LogP contribution in [-0.4, -0.2) is 11.5 Å². The van der Waals surface area contributed by atoms with Gasteiger partial charge in [-0.15, -0.1) is 0 Å². The predicted octanol–water partition coefficient (Wildman–Crippen LogP) is 2.39. The maximum Gasteiger partial charge on any atom is 0.129 e. The molecule has 1 aliphatic heterocycles. The van der Waals surface area contributed by atoms with Crippen LogP contribution in [0.3, 0.4) is 0 Å². The monoisotopic (exact) mass is 260 g/mol. The zero-order valence-corrected chi connectivity index (χ0v) is 10.5. The van der Waals surface area contributed by atoms with Crippen LogP contribution in [0.25, 0.3) is 0 Å². The second-order valence-corrected chi connectivity index (χ2v) is 3.54. The first kappa shape index (κ1) is 10.9. The molecule has 2 nitrogen and oxygen atoms in total. The molecule has 2 heterocycles. The predicted molar refractivity (Wildman–Crippen MR) is 64.8 cm³/mol. The molecule has 1 aromatic rings. The zero-order chi connectivity index (χ0) is 8.39. The Morgan fingerprint density at radius 3 is 3.08 bits per heavy atom. The van der Waals surface area contributed by atoms with Crippen molar-refractivity contribution in [3.63, 3.8) is 0 Å². The first-order valence-corrected chi connectivity index (χ1v) is 5.31. The van der Waals surface area contributed by atoms with E-state index in [9.17, 15) is 0 Å². The number of hydrogen-bond donors (Lipinski definition) is 1. The molecule has 2 rings (SSSR count). The molecule has 13 heavy (non-hydrogen) atoms. The van der Waals surface area contributed by atoms with Gasteiger partial charge in [-0.25, -0.2) is 4.98 Å². The quantitative estimate of drug-likeness (QED) is 0.620. The molecule has 1 aliphatic rings. The van der Waals surface area contributed by atoms with Gasteiger partial charge in [-0.2, -0.15) is 9.90 Å². The molecule has 0 radical (unpaired) electrons. The molecule has 0 saturated carbocycles. The van der Waals surface area contributed by atoms with Crippen LogP contribution in [0.5, 0.6) is 0 Å².